The molecule has 7 N–H and O–H groups in total. The van der Waals surface area contributed by atoms with Crippen molar-refractivity contribution in [3.63, 3.8) is 0 Å². The van der Waals surface area contributed by atoms with Crippen LogP contribution in [0.1, 0.15) is 61.4 Å². The van der Waals surface area contributed by atoms with Crippen LogP contribution in [0.4, 0.5) is 0 Å². The number of guanidine groups is 1. The highest BCUT2D eigenvalue weighted by Crippen LogP contribution is 2.36. The summed E-state index contributed by atoms with van der Waals surface area (Å²) in [5, 5.41) is 16.2. The molecule has 2 aromatic rings. The van der Waals surface area contributed by atoms with Crippen molar-refractivity contribution in [3.8, 4) is 0 Å². The number of rotatable bonds is 14. The van der Waals surface area contributed by atoms with Crippen molar-refractivity contribution in [3.05, 3.63) is 65.7 Å². The minimum Gasteiger partial charge on any atom is -0.464 e. The number of nitrogens with two attached hydrogens (primary N) is 1. The molecule has 11 nitrogen and oxygen atoms in total. The fraction of sp³-hybridized carbons (Fsp3) is 0.464. The lowest BCUT2D eigenvalue weighted by molar-refractivity contribution is -0.147. The third-order valence-electron chi connectivity index (χ3n) is 6.41. The molecule has 0 saturated carbocycles. The van der Waals surface area contributed by atoms with E-state index in [0.29, 0.717) is 38.1 Å². The average Bonchev–Trinajstić information content (AvgIpc) is 3.63. The molecule has 1 heterocycles. The fourth-order valence-electron chi connectivity index (χ4n) is 4.08. The normalized spacial score (nSPS) is 17.6. The zero-order valence-corrected chi connectivity index (χ0v) is 23.9. The predicted octanol–water partition coefficient (Wildman–Crippen LogP) is 2.76. The van der Waals surface area contributed by atoms with Crippen LogP contribution in [-0.2, 0) is 19.6 Å². The number of amides is 1. The van der Waals surface area contributed by atoms with E-state index in [-0.39, 0.29) is 28.8 Å². The second-order valence-electron chi connectivity index (χ2n) is 9.65. The molecule has 0 aliphatic carbocycles. The summed E-state index contributed by atoms with van der Waals surface area (Å²) in [6.07, 6.45) is 4.70. The molecule has 1 saturated heterocycles. The Morgan fingerprint density at radius 2 is 1.70 bits per heavy atom. The van der Waals surface area contributed by atoms with Gasteiger partial charge < -0.3 is 21.1 Å². The summed E-state index contributed by atoms with van der Waals surface area (Å²) in [5.41, 5.74) is 6.25. The van der Waals surface area contributed by atoms with Crippen LogP contribution in [0.3, 0.4) is 0 Å². The van der Waals surface area contributed by atoms with Crippen LogP contribution in [0, 0.1) is 12.3 Å². The molecule has 1 amide bonds. The number of hydrogen-bond acceptors (Lipinski definition) is 7. The maximum Gasteiger partial charge on any atom is 0.327 e. The van der Waals surface area contributed by atoms with Gasteiger partial charge in [-0.2, -0.15) is 8.42 Å². The molecule has 1 fully saturated rings. The Morgan fingerprint density at radius 3 is 2.30 bits per heavy atom. The third-order valence-corrected chi connectivity index (χ3v) is 7.28. The second-order valence-corrected chi connectivity index (χ2v) is 11.1. The van der Waals surface area contributed by atoms with Gasteiger partial charge in [-0.3, -0.25) is 20.1 Å². The Bertz CT molecular complexity index is 1210. The van der Waals surface area contributed by atoms with E-state index in [0.717, 1.165) is 31.2 Å². The van der Waals surface area contributed by atoms with Gasteiger partial charge in [-0.25, -0.2) is 4.79 Å². The molecule has 1 aliphatic rings. The monoisotopic (exact) mass is 575 g/mol. The number of esters is 1. The first-order valence-electron chi connectivity index (χ1n) is 13.4. The Balaban J connectivity index is 0.000000425. The number of aryl methyl sites for hydroxylation is 1. The van der Waals surface area contributed by atoms with Gasteiger partial charge in [0, 0.05) is 24.7 Å². The molecule has 1 aliphatic heterocycles. The van der Waals surface area contributed by atoms with E-state index >= 15 is 0 Å². The van der Waals surface area contributed by atoms with E-state index in [4.69, 9.17) is 20.4 Å². The first-order valence-corrected chi connectivity index (χ1v) is 14.8. The highest BCUT2D eigenvalue weighted by molar-refractivity contribution is 7.85. The number of hydrogen-bond donors (Lipinski definition) is 6. The van der Waals surface area contributed by atoms with Gasteiger partial charge in [-0.05, 0) is 63.3 Å². The molecule has 0 bridgehead atoms. The number of ether oxygens (including phenoxy) is 1. The third kappa shape index (κ3) is 10.9. The van der Waals surface area contributed by atoms with Gasteiger partial charge in [-0.1, -0.05) is 49.2 Å². The summed E-state index contributed by atoms with van der Waals surface area (Å²) < 4.78 is 35.0. The van der Waals surface area contributed by atoms with Gasteiger partial charge in [0.25, 0.3) is 16.0 Å². The van der Waals surface area contributed by atoms with Crippen LogP contribution in [0.15, 0.2) is 59.5 Å². The standard InChI is InChI=1S/C21H33N5O3.C7H8O3S/c1-2-3-15-29-19(28)21(12-8-14-25-20(22)23)17(26-21)11-7-13-24-18(27)16-9-5-4-6-10-16;1-6-2-4-7(5-3-6)11(8,9)10/h4-6,9-10,17,26H,2-3,7-8,11-15H2,1H3,(H,24,27)(H4,22,23,25);2-5H,1H3,(H,8,9,10)/t17?,21-;/m1./s1. The lowest BCUT2D eigenvalue weighted by Gasteiger charge is -2.15. The zero-order chi connectivity index (χ0) is 29.6. The first kappa shape index (κ1) is 32.7. The maximum absolute atomic E-state index is 12.6. The largest absolute Gasteiger partial charge is 0.464 e. The molecule has 40 heavy (non-hydrogen) atoms. The van der Waals surface area contributed by atoms with E-state index in [9.17, 15) is 18.0 Å². The Morgan fingerprint density at radius 1 is 1.05 bits per heavy atom. The van der Waals surface area contributed by atoms with Gasteiger partial charge in [0.2, 0.25) is 0 Å². The Kier molecular flexibility index (Phi) is 13.0. The van der Waals surface area contributed by atoms with Gasteiger partial charge >= 0.3 is 5.97 Å². The number of carbonyl (C=O) groups excluding carboxylic acids is 2. The molecule has 0 aromatic heterocycles. The second kappa shape index (κ2) is 15.9. The number of unbranched alkanes of at least 4 members (excludes halogenated alkanes) is 1. The van der Waals surface area contributed by atoms with Crippen LogP contribution >= 0.6 is 0 Å². The first-order chi connectivity index (χ1) is 19.0. The number of nitrogens with one attached hydrogen (secondary N) is 4. The van der Waals surface area contributed by atoms with E-state index in [2.05, 4.69) is 22.9 Å². The smallest absolute Gasteiger partial charge is 0.327 e. The van der Waals surface area contributed by atoms with Gasteiger partial charge in [0.1, 0.15) is 5.54 Å². The highest BCUT2D eigenvalue weighted by Gasteiger charge is 2.59. The summed E-state index contributed by atoms with van der Waals surface area (Å²) in [4.78, 5) is 24.6. The molecule has 1 unspecified atom stereocenters. The summed E-state index contributed by atoms with van der Waals surface area (Å²) in [6, 6.07) is 15.1. The molecular weight excluding hydrogens is 534 g/mol. The summed E-state index contributed by atoms with van der Waals surface area (Å²) in [5.74, 6) is -0.360. The SMILES string of the molecule is CCCCOC(=O)[C@]1(CCCNC(=N)N)NC1CCCNC(=O)c1ccccc1.Cc1ccc(S(=O)(=O)O)cc1. The van der Waals surface area contributed by atoms with Crippen LogP contribution < -0.4 is 21.7 Å². The molecule has 0 spiro atoms. The molecule has 2 atom stereocenters. The van der Waals surface area contributed by atoms with Crippen molar-refractivity contribution >= 4 is 28.0 Å². The fourth-order valence-corrected chi connectivity index (χ4v) is 4.56. The van der Waals surface area contributed by atoms with Crippen molar-refractivity contribution in [2.45, 2.75) is 68.8 Å². The molecule has 3 rings (SSSR count). The zero-order valence-electron chi connectivity index (χ0n) is 23.1. The van der Waals surface area contributed by atoms with Gasteiger partial charge in [-0.15, -0.1) is 0 Å². The van der Waals surface area contributed by atoms with Crippen molar-refractivity contribution in [1.29, 1.82) is 5.41 Å². The van der Waals surface area contributed by atoms with Gasteiger partial charge in [0.05, 0.1) is 11.5 Å². The van der Waals surface area contributed by atoms with E-state index in [1.807, 2.05) is 25.1 Å². The van der Waals surface area contributed by atoms with E-state index in [1.54, 1.807) is 24.3 Å². The highest BCUT2D eigenvalue weighted by atomic mass is 32.2. The molecule has 220 valence electrons. The molecule has 12 heteroatoms. The number of carbonyl (C=O) groups is 2. The van der Waals surface area contributed by atoms with Crippen molar-refractivity contribution in [2.24, 2.45) is 5.73 Å². The van der Waals surface area contributed by atoms with E-state index < -0.39 is 15.7 Å². The average molecular weight is 576 g/mol. The van der Waals surface area contributed by atoms with Crippen molar-refractivity contribution < 1.29 is 27.3 Å². The Hall–Kier alpha value is -3.48. The lowest BCUT2D eigenvalue weighted by Crippen LogP contribution is -2.35. The predicted molar refractivity (Wildman–Crippen MR) is 154 cm³/mol. The van der Waals surface area contributed by atoms with Crippen LogP contribution in [0.2, 0.25) is 0 Å². The summed E-state index contributed by atoms with van der Waals surface area (Å²) >= 11 is 0. The maximum atomic E-state index is 12.6. The minimum atomic E-state index is -4.02. The lowest BCUT2D eigenvalue weighted by atomic mass is 9.96. The van der Waals surface area contributed by atoms with Gasteiger partial charge in [0.15, 0.2) is 5.96 Å². The Labute approximate surface area is 236 Å². The van der Waals surface area contributed by atoms with Crippen molar-refractivity contribution in [1.82, 2.24) is 16.0 Å². The summed E-state index contributed by atoms with van der Waals surface area (Å²) in [7, 11) is -4.02. The summed E-state index contributed by atoms with van der Waals surface area (Å²) in [6.45, 7) is 5.43. The quantitative estimate of drug-likeness (QED) is 0.0490. The number of benzene rings is 2. The van der Waals surface area contributed by atoms with E-state index in [1.165, 1.54) is 12.1 Å². The minimum absolute atomic E-state index is 0.0441. The topological polar surface area (TPSA) is 194 Å². The molecule has 2 aromatic carbocycles. The molecule has 0 radical (unpaired) electrons. The molecular formula is C28H41N5O6S. The van der Waals surface area contributed by atoms with Crippen LogP contribution in [-0.4, -0.2) is 62.1 Å². The van der Waals surface area contributed by atoms with Crippen molar-refractivity contribution in [2.75, 3.05) is 19.7 Å². The van der Waals surface area contributed by atoms with Crippen LogP contribution in [0.25, 0.3) is 0 Å². The van der Waals surface area contributed by atoms with Crippen LogP contribution in [0.5, 0.6) is 0 Å².